The van der Waals surface area contributed by atoms with E-state index in [4.69, 9.17) is 14.2 Å². The summed E-state index contributed by atoms with van der Waals surface area (Å²) in [5.41, 5.74) is 0.0455. The van der Waals surface area contributed by atoms with Crippen molar-refractivity contribution in [2.75, 3.05) is 65.4 Å². The first-order chi connectivity index (χ1) is 26.1. The quantitative estimate of drug-likeness (QED) is 0.316. The molecule has 1 N–H and O–H groups in total. The summed E-state index contributed by atoms with van der Waals surface area (Å²) >= 11 is 0. The fourth-order valence-corrected chi connectivity index (χ4v) is 15.4. The molecule has 5 saturated carbocycles. The molecule has 0 bridgehead atoms. The zero-order chi connectivity index (χ0) is 38.9. The summed E-state index contributed by atoms with van der Waals surface area (Å²) in [7, 11) is 0. The molecular weight excluding hydrogens is 700 g/mol. The molecule has 310 valence electrons. The molecule has 4 unspecified atom stereocenters. The Morgan fingerprint density at radius 1 is 0.855 bits per heavy atom. The van der Waals surface area contributed by atoms with Crippen molar-refractivity contribution >= 4 is 12.2 Å². The second-order valence-corrected chi connectivity index (χ2v) is 21.5. The summed E-state index contributed by atoms with van der Waals surface area (Å²) < 4.78 is 32.9. The van der Waals surface area contributed by atoms with Gasteiger partial charge in [0.1, 0.15) is 18.4 Å². The van der Waals surface area contributed by atoms with Crippen LogP contribution in [0.1, 0.15) is 106 Å². The number of fused-ring (bicyclic) bond motifs is 4. The Morgan fingerprint density at radius 3 is 2.16 bits per heavy atom. The molecule has 0 aromatic rings. The molecule has 4 heterocycles. The highest BCUT2D eigenvalue weighted by Crippen LogP contribution is 2.89. The summed E-state index contributed by atoms with van der Waals surface area (Å²) in [4.78, 5) is 34.9. The average Bonchev–Trinajstić information content (AvgIpc) is 3.73. The third-order valence-electron chi connectivity index (χ3n) is 18.7. The number of carbonyl (C=O) groups is 2. The predicted octanol–water partition coefficient (Wildman–Crippen LogP) is 6.44. The first-order valence-corrected chi connectivity index (χ1v) is 22.4. The Labute approximate surface area is 329 Å². The smallest absolute Gasteiger partial charge is 0.410 e. The molecule has 2 amide bonds. The zero-order valence-corrected chi connectivity index (χ0v) is 34.9. The van der Waals surface area contributed by atoms with Crippen LogP contribution in [0.25, 0.3) is 0 Å². The van der Waals surface area contributed by atoms with E-state index in [0.717, 1.165) is 84.2 Å². The van der Waals surface area contributed by atoms with Crippen molar-refractivity contribution in [3.63, 3.8) is 0 Å². The zero-order valence-electron chi connectivity index (χ0n) is 34.9. The van der Waals surface area contributed by atoms with E-state index in [0.29, 0.717) is 43.9 Å². The third kappa shape index (κ3) is 5.63. The van der Waals surface area contributed by atoms with E-state index in [9.17, 15) is 19.1 Å². The maximum absolute atomic E-state index is 13.7. The van der Waals surface area contributed by atoms with Crippen LogP contribution in [0, 0.1) is 56.7 Å². The number of nitrogens with zero attached hydrogens (tertiary/aromatic N) is 4. The van der Waals surface area contributed by atoms with Gasteiger partial charge in [0.25, 0.3) is 0 Å². The van der Waals surface area contributed by atoms with Crippen LogP contribution in [0.4, 0.5) is 14.0 Å². The molecule has 9 fully saturated rings. The Bertz CT molecular complexity index is 1500. The molecule has 4 saturated heterocycles. The molecule has 9 rings (SSSR count). The largest absolute Gasteiger partial charge is 0.446 e. The van der Waals surface area contributed by atoms with Gasteiger partial charge in [0, 0.05) is 76.3 Å². The summed E-state index contributed by atoms with van der Waals surface area (Å²) in [6, 6.07) is 0. The first kappa shape index (κ1) is 38.8. The molecule has 0 radical (unpaired) electrons. The fraction of sp³-hybridized carbons (Fsp3) is 0.955. The van der Waals surface area contributed by atoms with Gasteiger partial charge in [0.2, 0.25) is 0 Å². The minimum atomic E-state index is -0.663. The van der Waals surface area contributed by atoms with Gasteiger partial charge in [-0.05, 0) is 104 Å². The van der Waals surface area contributed by atoms with Crippen molar-refractivity contribution in [3.8, 4) is 0 Å². The van der Waals surface area contributed by atoms with E-state index in [1.54, 1.807) is 4.90 Å². The van der Waals surface area contributed by atoms with Crippen molar-refractivity contribution in [1.82, 2.24) is 19.6 Å². The van der Waals surface area contributed by atoms with Gasteiger partial charge in [0.05, 0.1) is 18.3 Å². The van der Waals surface area contributed by atoms with Gasteiger partial charge in [-0.3, -0.25) is 9.80 Å². The van der Waals surface area contributed by atoms with Crippen LogP contribution in [0.15, 0.2) is 0 Å². The summed E-state index contributed by atoms with van der Waals surface area (Å²) in [6.07, 6.45) is 7.16. The predicted molar refractivity (Wildman–Crippen MR) is 207 cm³/mol. The molecule has 4 aliphatic heterocycles. The molecular formula is C44H71FN4O6. The molecule has 0 aromatic carbocycles. The lowest BCUT2D eigenvalue weighted by Crippen LogP contribution is -2.60. The van der Waals surface area contributed by atoms with Gasteiger partial charge >= 0.3 is 12.2 Å². The molecule has 5 aliphatic carbocycles. The Kier molecular flexibility index (Phi) is 9.47. The van der Waals surface area contributed by atoms with Gasteiger partial charge in [-0.15, -0.1) is 0 Å². The minimum absolute atomic E-state index is 0.0335. The summed E-state index contributed by atoms with van der Waals surface area (Å²) in [5.74, 6) is 1.67. The Balaban J connectivity index is 0.868. The second kappa shape index (κ2) is 13.4. The first-order valence-electron chi connectivity index (χ1n) is 22.4. The van der Waals surface area contributed by atoms with Crippen molar-refractivity contribution in [3.05, 3.63) is 0 Å². The van der Waals surface area contributed by atoms with Crippen molar-refractivity contribution in [2.24, 2.45) is 56.7 Å². The van der Waals surface area contributed by atoms with Crippen molar-refractivity contribution in [1.29, 1.82) is 0 Å². The number of likely N-dealkylation sites (tertiary alicyclic amines) is 2. The average molecular weight is 771 g/mol. The van der Waals surface area contributed by atoms with Crippen LogP contribution >= 0.6 is 0 Å². The molecule has 13 atom stereocenters. The molecule has 9 aliphatic rings. The number of halogens is 1. The van der Waals surface area contributed by atoms with E-state index in [1.165, 1.54) is 12.8 Å². The third-order valence-corrected chi connectivity index (χ3v) is 18.7. The second-order valence-electron chi connectivity index (χ2n) is 21.5. The van der Waals surface area contributed by atoms with Gasteiger partial charge in [-0.1, -0.05) is 48.5 Å². The van der Waals surface area contributed by atoms with Crippen LogP contribution in [-0.4, -0.2) is 139 Å². The van der Waals surface area contributed by atoms with Gasteiger partial charge in [-0.2, -0.15) is 0 Å². The Morgan fingerprint density at radius 2 is 1.51 bits per heavy atom. The van der Waals surface area contributed by atoms with Crippen molar-refractivity contribution in [2.45, 2.75) is 143 Å². The van der Waals surface area contributed by atoms with E-state index in [-0.39, 0.29) is 75.5 Å². The number of hydrogen-bond donors (Lipinski definition) is 1. The van der Waals surface area contributed by atoms with Gasteiger partial charge < -0.3 is 29.1 Å². The van der Waals surface area contributed by atoms with Gasteiger partial charge in [-0.25, -0.2) is 14.0 Å². The van der Waals surface area contributed by atoms with Crippen LogP contribution < -0.4 is 0 Å². The lowest BCUT2D eigenvalue weighted by Gasteiger charge is -2.63. The van der Waals surface area contributed by atoms with E-state index >= 15 is 0 Å². The van der Waals surface area contributed by atoms with E-state index < -0.39 is 12.3 Å². The van der Waals surface area contributed by atoms with Crippen LogP contribution in [0.2, 0.25) is 0 Å². The number of amides is 2. The Hall–Kier alpha value is -1.69. The van der Waals surface area contributed by atoms with Crippen LogP contribution in [-0.2, 0) is 14.2 Å². The molecule has 55 heavy (non-hydrogen) atoms. The number of piperazine rings is 1. The van der Waals surface area contributed by atoms with Crippen LogP contribution in [0.5, 0.6) is 0 Å². The maximum atomic E-state index is 13.7. The number of ether oxygens (including phenoxy) is 3. The van der Waals surface area contributed by atoms with Crippen molar-refractivity contribution < 1.29 is 33.3 Å². The summed E-state index contributed by atoms with van der Waals surface area (Å²) in [5, 5.41) is 12.7. The number of alkyl halides is 1. The normalized spacial score (nSPS) is 46.9. The monoisotopic (exact) mass is 771 g/mol. The minimum Gasteiger partial charge on any atom is -0.446 e. The summed E-state index contributed by atoms with van der Waals surface area (Å²) in [6.45, 7) is 23.8. The number of aliphatic hydroxyl groups excluding tert-OH is 1. The highest BCUT2D eigenvalue weighted by molar-refractivity contribution is 5.69. The maximum Gasteiger partial charge on any atom is 0.410 e. The molecule has 0 aromatic heterocycles. The van der Waals surface area contributed by atoms with Crippen LogP contribution in [0.3, 0.4) is 0 Å². The highest BCUT2D eigenvalue weighted by atomic mass is 19.1. The standard InChI is InChI=1S/C44H71FN4O6/c1-27(2)35(55-39(52)48-15-8-16-48)30-23-28(3)34-36(53-30)37(50)42(7)32-10-9-31-40(4,5)33(11-12-43(31)26-44(32,43)14-13-41(34,42)6)54-38(51)49-21-19-46(20-22-49)17-18-47-24-29(45)25-47/h27-37,50H,8-26H2,1-7H3/t28-,30?,31+,32?,33+,34+,35-,36?,37+,41-,42-,43-,44?/m1/s1. The highest BCUT2D eigenvalue weighted by Gasteiger charge is 2.85. The number of hydrogen-bond acceptors (Lipinski definition) is 8. The number of rotatable bonds is 7. The SMILES string of the molecule is CC(C)[C@@H](OC(=O)N1CCC1)C1C[C@@H](C)[C@H]2C(O1)[C@H](O)[C@@]1(C)C3CC[C@H]4C(C)(C)[C@@H](OC(=O)N5CCN(CCN6CC(F)C6)CC5)CC[C@@]45CC35CC[C@]21C. The lowest BCUT2D eigenvalue weighted by molar-refractivity contribution is -0.185. The molecule has 11 heteroatoms. The number of carbonyl (C=O) groups excluding carboxylic acids is 2. The topological polar surface area (TPSA) is 95.0 Å². The lowest BCUT2D eigenvalue weighted by atomic mass is 9.41. The number of aliphatic hydroxyl groups is 1. The molecule has 10 nitrogen and oxygen atoms in total. The van der Waals surface area contributed by atoms with Gasteiger partial charge in [0.15, 0.2) is 0 Å². The van der Waals surface area contributed by atoms with E-state index in [2.05, 4.69) is 58.3 Å². The fourth-order valence-electron chi connectivity index (χ4n) is 15.4. The molecule has 2 spiro atoms. The van der Waals surface area contributed by atoms with E-state index in [1.807, 2.05) is 4.90 Å².